The first-order valence-electron chi connectivity index (χ1n) is 6.17. The first kappa shape index (κ1) is 15.6. The summed E-state index contributed by atoms with van der Waals surface area (Å²) in [5.41, 5.74) is -0.840. The van der Waals surface area contributed by atoms with Crippen molar-refractivity contribution in [1.29, 1.82) is 5.26 Å². The Morgan fingerprint density at radius 1 is 1.58 bits per heavy atom. The molecule has 0 aliphatic carbocycles. The molecule has 0 spiro atoms. The van der Waals surface area contributed by atoms with Gasteiger partial charge >= 0.3 is 0 Å². The molecule has 1 N–H and O–H groups in total. The number of aryl methyl sites for hydroxylation is 1. The van der Waals surface area contributed by atoms with Crippen LogP contribution >= 0.6 is 11.8 Å². The number of nitrogens with one attached hydrogen (secondary N) is 1. The maximum Gasteiger partial charge on any atom is 0.234 e. The minimum Gasteiger partial charge on any atom is -0.337 e. The van der Waals surface area contributed by atoms with Crippen LogP contribution < -0.4 is 5.32 Å². The maximum absolute atomic E-state index is 12.1. The van der Waals surface area contributed by atoms with E-state index < -0.39 is 5.54 Å². The third-order valence-electron chi connectivity index (χ3n) is 3.20. The fourth-order valence-electron chi connectivity index (χ4n) is 1.34. The van der Waals surface area contributed by atoms with Crippen molar-refractivity contribution in [1.82, 2.24) is 14.9 Å². The molecule has 0 bridgehead atoms. The van der Waals surface area contributed by atoms with Crippen LogP contribution in [-0.2, 0) is 11.8 Å². The number of hydrogen-bond donors (Lipinski definition) is 1. The quantitative estimate of drug-likeness (QED) is 0.837. The van der Waals surface area contributed by atoms with Gasteiger partial charge in [-0.25, -0.2) is 4.98 Å². The molecule has 104 valence electrons. The lowest BCUT2D eigenvalue weighted by Gasteiger charge is -2.28. The molecule has 0 aliphatic heterocycles. The number of thioether (sulfide) groups is 1. The van der Waals surface area contributed by atoms with Crippen molar-refractivity contribution in [2.24, 2.45) is 13.0 Å². The summed E-state index contributed by atoms with van der Waals surface area (Å²) in [6.07, 6.45) is 3.53. The van der Waals surface area contributed by atoms with Gasteiger partial charge in [0.05, 0.1) is 11.3 Å². The smallest absolute Gasteiger partial charge is 0.234 e. The van der Waals surface area contributed by atoms with E-state index in [9.17, 15) is 10.1 Å². The molecule has 0 aliphatic rings. The summed E-state index contributed by atoms with van der Waals surface area (Å²) >= 11 is 1.38. The Morgan fingerprint density at radius 2 is 2.21 bits per heavy atom. The average molecular weight is 280 g/mol. The van der Waals surface area contributed by atoms with Crippen LogP contribution in [0.15, 0.2) is 17.6 Å². The molecule has 0 radical (unpaired) electrons. The van der Waals surface area contributed by atoms with E-state index in [4.69, 9.17) is 0 Å². The second-order valence-corrected chi connectivity index (χ2v) is 6.35. The Morgan fingerprint density at radius 3 is 2.63 bits per heavy atom. The fourth-order valence-corrected chi connectivity index (χ4v) is 2.17. The van der Waals surface area contributed by atoms with Crippen LogP contribution in [0.3, 0.4) is 0 Å². The predicted molar refractivity (Wildman–Crippen MR) is 75.5 cm³/mol. The molecule has 1 rings (SSSR count). The fraction of sp³-hybridized carbons (Fsp3) is 0.615. The van der Waals surface area contributed by atoms with Gasteiger partial charge in [-0.3, -0.25) is 4.79 Å². The molecule has 1 aromatic heterocycles. The van der Waals surface area contributed by atoms with E-state index in [-0.39, 0.29) is 17.1 Å². The van der Waals surface area contributed by atoms with Crippen LogP contribution in [0.5, 0.6) is 0 Å². The van der Waals surface area contributed by atoms with E-state index in [1.165, 1.54) is 11.8 Å². The molecule has 1 aromatic rings. The van der Waals surface area contributed by atoms with Crippen molar-refractivity contribution in [3.63, 3.8) is 0 Å². The van der Waals surface area contributed by atoms with Crippen molar-refractivity contribution in [3.05, 3.63) is 12.4 Å². The van der Waals surface area contributed by atoms with Gasteiger partial charge in [-0.15, -0.1) is 0 Å². The van der Waals surface area contributed by atoms with Gasteiger partial charge in [-0.2, -0.15) is 5.26 Å². The molecular formula is C13H20N4OS. The zero-order chi connectivity index (χ0) is 14.6. The van der Waals surface area contributed by atoms with Gasteiger partial charge in [-0.05, 0) is 19.8 Å². The number of rotatable bonds is 5. The van der Waals surface area contributed by atoms with Crippen LogP contribution in [-0.4, -0.2) is 26.2 Å². The first-order valence-corrected chi connectivity index (χ1v) is 7.05. The van der Waals surface area contributed by atoms with Crippen molar-refractivity contribution in [2.45, 2.75) is 43.6 Å². The highest BCUT2D eigenvalue weighted by Crippen LogP contribution is 2.22. The highest BCUT2D eigenvalue weighted by Gasteiger charge is 2.32. The number of imidazole rings is 1. The molecule has 2 atom stereocenters. The Labute approximate surface area is 118 Å². The zero-order valence-electron chi connectivity index (χ0n) is 12.0. The molecule has 0 fully saturated rings. The monoisotopic (exact) mass is 280 g/mol. The summed E-state index contributed by atoms with van der Waals surface area (Å²) < 4.78 is 1.86. The third-order valence-corrected chi connectivity index (χ3v) is 4.37. The number of carbonyl (C=O) groups excluding carboxylic acids is 1. The number of aromatic nitrogens is 2. The molecule has 0 aromatic carbocycles. The average Bonchev–Trinajstić information content (AvgIpc) is 2.74. The number of nitrogens with zero attached hydrogens (tertiary/aromatic N) is 3. The molecule has 1 amide bonds. The first-order chi connectivity index (χ1) is 8.80. The molecular weight excluding hydrogens is 260 g/mol. The molecule has 5 nitrogen and oxygen atoms in total. The normalized spacial score (nSPS) is 15.6. The second-order valence-electron chi connectivity index (χ2n) is 5.04. The van der Waals surface area contributed by atoms with Crippen LogP contribution in [0.25, 0.3) is 0 Å². The highest BCUT2D eigenvalue weighted by atomic mass is 32.2. The summed E-state index contributed by atoms with van der Waals surface area (Å²) in [6.45, 7) is 7.39. The highest BCUT2D eigenvalue weighted by molar-refractivity contribution is 8.00. The Hall–Kier alpha value is -1.48. The summed E-state index contributed by atoms with van der Waals surface area (Å²) in [5, 5.41) is 12.5. The summed E-state index contributed by atoms with van der Waals surface area (Å²) in [7, 11) is 1.88. The summed E-state index contributed by atoms with van der Waals surface area (Å²) in [4.78, 5) is 16.3. The molecule has 2 unspecified atom stereocenters. The lowest BCUT2D eigenvalue weighted by atomic mass is 9.90. The van der Waals surface area contributed by atoms with E-state index in [2.05, 4.69) is 16.4 Å². The standard InChI is InChI=1S/C13H20N4OS/c1-9(2)13(4,8-14)16-11(18)10(3)19-12-15-6-7-17(12)5/h6-7,9-10H,1-5H3,(H,16,18). The molecule has 19 heavy (non-hydrogen) atoms. The van der Waals surface area contributed by atoms with Crippen molar-refractivity contribution in [2.75, 3.05) is 0 Å². The van der Waals surface area contributed by atoms with Crippen molar-refractivity contribution in [3.8, 4) is 6.07 Å². The van der Waals surface area contributed by atoms with E-state index in [0.29, 0.717) is 0 Å². The van der Waals surface area contributed by atoms with Gasteiger partial charge in [0.2, 0.25) is 5.91 Å². The van der Waals surface area contributed by atoms with E-state index in [0.717, 1.165) is 5.16 Å². The molecule has 0 saturated carbocycles. The minimum absolute atomic E-state index is 0.0480. The predicted octanol–water partition coefficient (Wildman–Crippen LogP) is 1.96. The second kappa shape index (κ2) is 6.11. The summed E-state index contributed by atoms with van der Waals surface area (Å²) in [6, 6.07) is 2.17. The zero-order valence-corrected chi connectivity index (χ0v) is 12.8. The molecule has 6 heteroatoms. The van der Waals surface area contributed by atoms with Crippen molar-refractivity contribution < 1.29 is 4.79 Å². The number of nitriles is 1. The van der Waals surface area contributed by atoms with Gasteiger partial charge in [-0.1, -0.05) is 25.6 Å². The van der Waals surface area contributed by atoms with Crippen LogP contribution in [0.2, 0.25) is 0 Å². The number of carbonyl (C=O) groups is 1. The van der Waals surface area contributed by atoms with Gasteiger partial charge in [0.15, 0.2) is 5.16 Å². The molecule has 1 heterocycles. The van der Waals surface area contributed by atoms with Gasteiger partial charge in [0, 0.05) is 19.4 Å². The maximum atomic E-state index is 12.1. The topological polar surface area (TPSA) is 70.7 Å². The van der Waals surface area contributed by atoms with Gasteiger partial charge < -0.3 is 9.88 Å². The van der Waals surface area contributed by atoms with E-state index in [1.54, 1.807) is 13.1 Å². The van der Waals surface area contributed by atoms with Crippen molar-refractivity contribution >= 4 is 17.7 Å². The van der Waals surface area contributed by atoms with Crippen LogP contribution in [0.4, 0.5) is 0 Å². The van der Waals surface area contributed by atoms with Crippen LogP contribution in [0, 0.1) is 17.2 Å². The van der Waals surface area contributed by atoms with Gasteiger partial charge in [0.25, 0.3) is 0 Å². The summed E-state index contributed by atoms with van der Waals surface area (Å²) in [5.74, 6) is -0.0995. The largest absolute Gasteiger partial charge is 0.337 e. The lowest BCUT2D eigenvalue weighted by molar-refractivity contribution is -0.121. The van der Waals surface area contributed by atoms with Gasteiger partial charge in [0.1, 0.15) is 5.54 Å². The number of hydrogen-bond acceptors (Lipinski definition) is 4. The Kier molecular flexibility index (Phi) is 5.01. The third kappa shape index (κ3) is 3.74. The lowest BCUT2D eigenvalue weighted by Crippen LogP contribution is -2.51. The number of amides is 1. The Bertz CT molecular complexity index is 491. The minimum atomic E-state index is -0.840. The van der Waals surface area contributed by atoms with E-state index in [1.807, 2.05) is 38.6 Å². The van der Waals surface area contributed by atoms with E-state index >= 15 is 0 Å². The Balaban J connectivity index is 2.69. The van der Waals surface area contributed by atoms with Crippen LogP contribution in [0.1, 0.15) is 27.7 Å². The molecule has 0 saturated heterocycles. The SMILES string of the molecule is CC(Sc1nccn1C)C(=O)NC(C)(C#N)C(C)C.